The lowest BCUT2D eigenvalue weighted by Crippen LogP contribution is -2.05. The zero-order chi connectivity index (χ0) is 49.9. The van der Waals surface area contributed by atoms with Gasteiger partial charge < -0.3 is 26.8 Å². The summed E-state index contributed by atoms with van der Waals surface area (Å²) < 4.78 is 31.0. The second-order valence-electron chi connectivity index (χ2n) is 19.7. The molecule has 0 amide bonds. The zero-order valence-electron chi connectivity index (χ0n) is 40.1. The smallest absolute Gasteiger partial charge is 0.145 e. The minimum Gasteiger partial charge on any atom is -0.456 e. The van der Waals surface area contributed by atoms with Crippen LogP contribution in [0.2, 0.25) is 0 Å². The summed E-state index contributed by atoms with van der Waals surface area (Å²) in [5, 5.41) is 33.8. The fraction of sp³-hybridized carbons (Fsp3) is 0. The lowest BCUT2D eigenvalue weighted by molar-refractivity contribution is 0.668. The van der Waals surface area contributed by atoms with E-state index in [1.807, 2.05) is 84.9 Å². The summed E-state index contributed by atoms with van der Waals surface area (Å²) in [6.45, 7) is 0. The molecule has 11 aromatic carbocycles. The predicted octanol–water partition coefficient (Wildman–Crippen LogP) is 18.6. The SMILES string of the molecule is N#Cc1cc(-n2c3ccc(-c4ccc5c(c4)oc4ccccc45)cc3c3c4oc5ccccc5c4ccc32)c(-n2c3ccc(-c4ccc5c(c4)oc4ccccc45)cc3c3c4oc5ccccc5c4ccc32)cc1C#N. The summed E-state index contributed by atoms with van der Waals surface area (Å²) in [5.41, 5.74) is 16.0. The van der Waals surface area contributed by atoms with Gasteiger partial charge in [0.1, 0.15) is 56.8 Å². The first-order valence-electron chi connectivity index (χ1n) is 25.2. The van der Waals surface area contributed by atoms with Crippen molar-refractivity contribution < 1.29 is 17.7 Å². The molecule has 0 saturated carbocycles. The van der Waals surface area contributed by atoms with Gasteiger partial charge in [-0.2, -0.15) is 10.5 Å². The van der Waals surface area contributed by atoms with Crippen LogP contribution in [0.4, 0.5) is 0 Å². The summed E-state index contributed by atoms with van der Waals surface area (Å²) in [4.78, 5) is 0. The second-order valence-corrected chi connectivity index (χ2v) is 19.7. The number of nitrogens with zero attached hydrogens (tertiary/aromatic N) is 4. The van der Waals surface area contributed by atoms with Crippen LogP contribution in [0.1, 0.15) is 11.1 Å². The monoisotopic (exact) mass is 970 g/mol. The topological polar surface area (TPSA) is 110 Å². The fourth-order valence-corrected chi connectivity index (χ4v) is 12.4. The van der Waals surface area contributed by atoms with Gasteiger partial charge in [0, 0.05) is 53.9 Å². The molecule has 8 nitrogen and oxygen atoms in total. The molecule has 0 fully saturated rings. The molecule has 6 aromatic heterocycles. The van der Waals surface area contributed by atoms with Gasteiger partial charge in [-0.25, -0.2) is 0 Å². The highest BCUT2D eigenvalue weighted by molar-refractivity contribution is 6.26. The van der Waals surface area contributed by atoms with Gasteiger partial charge in [-0.3, -0.25) is 0 Å². The molecule has 17 aromatic rings. The molecule has 0 aliphatic rings. The van der Waals surface area contributed by atoms with Gasteiger partial charge in [0.25, 0.3) is 0 Å². The first-order chi connectivity index (χ1) is 37.6. The number of benzene rings is 11. The number of nitriles is 2. The van der Waals surface area contributed by atoms with E-state index >= 15 is 0 Å². The normalized spacial score (nSPS) is 12.2. The number of hydrogen-bond acceptors (Lipinski definition) is 6. The van der Waals surface area contributed by atoms with Crippen LogP contribution in [-0.2, 0) is 0 Å². The molecule has 17 rings (SSSR count). The van der Waals surface area contributed by atoms with E-state index in [9.17, 15) is 10.5 Å². The van der Waals surface area contributed by atoms with Gasteiger partial charge in [0.05, 0.1) is 55.3 Å². The first kappa shape index (κ1) is 40.8. The molecule has 0 spiro atoms. The lowest BCUT2D eigenvalue weighted by atomic mass is 10.0. The number of aromatic nitrogens is 2. The van der Waals surface area contributed by atoms with Crippen LogP contribution in [0.5, 0.6) is 0 Å². The van der Waals surface area contributed by atoms with Gasteiger partial charge >= 0.3 is 0 Å². The Bertz CT molecular complexity index is 5180. The average molecular weight is 971 g/mol. The molecule has 0 saturated heterocycles. The Morgan fingerprint density at radius 3 is 1.03 bits per heavy atom. The van der Waals surface area contributed by atoms with Crippen molar-refractivity contribution in [2.24, 2.45) is 0 Å². The van der Waals surface area contributed by atoms with E-state index in [0.29, 0.717) is 11.4 Å². The van der Waals surface area contributed by atoms with Crippen molar-refractivity contribution >= 4 is 131 Å². The Balaban J connectivity index is 0.963. The van der Waals surface area contributed by atoms with Crippen molar-refractivity contribution in [2.45, 2.75) is 0 Å². The third-order valence-corrected chi connectivity index (χ3v) is 15.8. The summed E-state index contributed by atoms with van der Waals surface area (Å²) in [7, 11) is 0. The van der Waals surface area contributed by atoms with Crippen molar-refractivity contribution in [1.82, 2.24) is 9.13 Å². The van der Waals surface area contributed by atoms with E-state index in [2.05, 4.69) is 143 Å². The van der Waals surface area contributed by atoms with E-state index in [0.717, 1.165) is 154 Å². The molecule has 8 heteroatoms. The molecule has 0 aliphatic carbocycles. The average Bonchev–Trinajstić information content (AvgIpc) is 4.44. The molecule has 0 radical (unpaired) electrons. The van der Waals surface area contributed by atoms with Crippen LogP contribution in [0, 0.1) is 22.7 Å². The van der Waals surface area contributed by atoms with Gasteiger partial charge in [0.2, 0.25) is 0 Å². The Labute approximate surface area is 429 Å². The lowest BCUT2D eigenvalue weighted by Gasteiger charge is -2.18. The highest BCUT2D eigenvalue weighted by Crippen LogP contribution is 2.47. The van der Waals surface area contributed by atoms with Crippen LogP contribution in [0.3, 0.4) is 0 Å². The number of hydrogen-bond donors (Lipinski definition) is 0. The number of fused-ring (bicyclic) bond motifs is 20. The predicted molar refractivity (Wildman–Crippen MR) is 305 cm³/mol. The molecule has 0 aliphatic heterocycles. The maximum atomic E-state index is 10.8. The third-order valence-electron chi connectivity index (χ3n) is 15.8. The van der Waals surface area contributed by atoms with Gasteiger partial charge in [-0.1, -0.05) is 97.1 Å². The third kappa shape index (κ3) is 5.48. The van der Waals surface area contributed by atoms with E-state index < -0.39 is 0 Å². The molecular formula is C68H34N4O4. The highest BCUT2D eigenvalue weighted by atomic mass is 16.3. The fourth-order valence-electron chi connectivity index (χ4n) is 12.4. The minimum absolute atomic E-state index is 0.264. The van der Waals surface area contributed by atoms with Crippen molar-refractivity contribution in [2.75, 3.05) is 0 Å². The zero-order valence-corrected chi connectivity index (χ0v) is 40.1. The quantitative estimate of drug-likeness (QED) is 0.174. The van der Waals surface area contributed by atoms with Crippen LogP contribution in [-0.4, -0.2) is 9.13 Å². The summed E-state index contributed by atoms with van der Waals surface area (Å²) in [6, 6.07) is 75.5. The molecular weight excluding hydrogens is 937 g/mol. The Morgan fingerprint density at radius 1 is 0.276 bits per heavy atom. The van der Waals surface area contributed by atoms with Crippen molar-refractivity contribution in [1.29, 1.82) is 10.5 Å². The van der Waals surface area contributed by atoms with Crippen LogP contribution in [0.15, 0.2) is 224 Å². The Hall–Kier alpha value is -10.8. The minimum atomic E-state index is 0.264. The largest absolute Gasteiger partial charge is 0.456 e. The summed E-state index contributed by atoms with van der Waals surface area (Å²) in [5.74, 6) is 0. The molecule has 0 N–H and O–H groups in total. The van der Waals surface area contributed by atoms with E-state index in [1.165, 1.54) is 0 Å². The molecule has 0 unspecified atom stereocenters. The van der Waals surface area contributed by atoms with E-state index in [4.69, 9.17) is 17.7 Å². The maximum absolute atomic E-state index is 10.8. The molecule has 0 atom stereocenters. The Kier molecular flexibility index (Phi) is 7.99. The number of rotatable bonds is 4. The van der Waals surface area contributed by atoms with Gasteiger partial charge in [-0.05, 0) is 131 Å². The number of para-hydroxylation sites is 4. The van der Waals surface area contributed by atoms with Crippen molar-refractivity contribution in [3.8, 4) is 45.8 Å². The molecule has 0 bridgehead atoms. The summed E-state index contributed by atoms with van der Waals surface area (Å²) in [6.07, 6.45) is 0. The van der Waals surface area contributed by atoms with Crippen LogP contribution < -0.4 is 0 Å². The first-order valence-corrected chi connectivity index (χ1v) is 25.2. The maximum Gasteiger partial charge on any atom is 0.145 e. The van der Waals surface area contributed by atoms with Crippen molar-refractivity contribution in [3.63, 3.8) is 0 Å². The van der Waals surface area contributed by atoms with Gasteiger partial charge in [0.15, 0.2) is 0 Å². The van der Waals surface area contributed by atoms with Crippen LogP contribution in [0.25, 0.3) is 165 Å². The molecule has 76 heavy (non-hydrogen) atoms. The molecule has 6 heterocycles. The highest BCUT2D eigenvalue weighted by Gasteiger charge is 2.26. The van der Waals surface area contributed by atoms with Gasteiger partial charge in [-0.15, -0.1) is 0 Å². The number of furan rings is 4. The summed E-state index contributed by atoms with van der Waals surface area (Å²) >= 11 is 0. The van der Waals surface area contributed by atoms with Crippen LogP contribution >= 0.6 is 0 Å². The second kappa shape index (κ2) is 14.9. The standard InChI is InChI=1S/C68H34N4O4/c69-35-41-31-57(71-53-25-19-37(39-17-21-47-43-9-1-5-13-59(43)73-63(47)33-39)29-51(53)65-55(71)27-23-49-45-11-3-7-15-61(45)75-67(49)65)58(32-42(41)36-70)72-54-26-20-38(40-18-22-48-44-10-2-6-14-60(44)74-64(48)34-40)30-52(54)66-56(72)28-24-50-46-12-4-8-16-62(46)76-68(50)66/h1-34H. The van der Waals surface area contributed by atoms with E-state index in [1.54, 1.807) is 0 Å². The van der Waals surface area contributed by atoms with Crippen molar-refractivity contribution in [3.05, 3.63) is 217 Å². The Morgan fingerprint density at radius 2 is 0.605 bits per heavy atom. The molecule has 350 valence electrons. The van der Waals surface area contributed by atoms with E-state index in [-0.39, 0.29) is 11.1 Å².